The van der Waals surface area contributed by atoms with Gasteiger partial charge in [0.1, 0.15) is 5.82 Å². The van der Waals surface area contributed by atoms with Gasteiger partial charge in [-0.05, 0) is 96.0 Å². The fourth-order valence-electron chi connectivity index (χ4n) is 2.60. The van der Waals surface area contributed by atoms with E-state index in [9.17, 15) is 9.18 Å². The summed E-state index contributed by atoms with van der Waals surface area (Å²) < 4.78 is 25.6. The Hall–Kier alpha value is -2.32. The fraction of sp³-hybridized carbons (Fsp3) is 0.273. The van der Waals surface area contributed by atoms with Crippen LogP contribution in [0.2, 0.25) is 0 Å². The molecule has 0 unspecified atom stereocenters. The zero-order valence-electron chi connectivity index (χ0n) is 16.9. The molecular formula is C22H22BrFN2O3S. The van der Waals surface area contributed by atoms with Gasteiger partial charge >= 0.3 is 0 Å². The quantitative estimate of drug-likeness (QED) is 0.477. The van der Waals surface area contributed by atoms with Crippen LogP contribution in [0.3, 0.4) is 0 Å². The largest absolute Gasteiger partial charge is 0.490 e. The van der Waals surface area contributed by atoms with Crippen LogP contribution in [-0.2, 0) is 4.79 Å². The highest BCUT2D eigenvalue weighted by atomic mass is 79.9. The highest BCUT2D eigenvalue weighted by Crippen LogP contribution is 2.39. The fourth-order valence-corrected chi connectivity index (χ4v) is 3.99. The second kappa shape index (κ2) is 10.1. The van der Waals surface area contributed by atoms with Gasteiger partial charge in [0.2, 0.25) is 0 Å². The smallest absolute Gasteiger partial charge is 0.264 e. The zero-order valence-corrected chi connectivity index (χ0v) is 19.3. The molecule has 1 aliphatic rings. The van der Waals surface area contributed by atoms with Gasteiger partial charge in [0.15, 0.2) is 16.7 Å². The van der Waals surface area contributed by atoms with Crippen molar-refractivity contribution < 1.29 is 18.7 Å². The molecular weight excluding hydrogens is 471 g/mol. The first kappa shape index (κ1) is 22.4. The molecule has 2 aromatic rings. The number of rotatable bonds is 7. The summed E-state index contributed by atoms with van der Waals surface area (Å²) in [7, 11) is 0. The number of amides is 1. The highest BCUT2D eigenvalue weighted by molar-refractivity contribution is 9.10. The zero-order chi connectivity index (χ0) is 21.7. The van der Waals surface area contributed by atoms with E-state index < -0.39 is 0 Å². The summed E-state index contributed by atoms with van der Waals surface area (Å²) in [6.45, 7) is 6.45. The van der Waals surface area contributed by atoms with E-state index in [0.29, 0.717) is 33.9 Å². The van der Waals surface area contributed by atoms with Crippen molar-refractivity contribution in [1.82, 2.24) is 5.32 Å². The number of amidine groups is 1. The number of aliphatic imine (C=N–C) groups is 1. The molecule has 1 amide bonds. The van der Waals surface area contributed by atoms with Crippen LogP contribution in [0.25, 0.3) is 6.08 Å². The van der Waals surface area contributed by atoms with Crippen LogP contribution in [0.5, 0.6) is 11.5 Å². The van der Waals surface area contributed by atoms with Crippen molar-refractivity contribution in [1.29, 1.82) is 0 Å². The van der Waals surface area contributed by atoms with Gasteiger partial charge in [-0.3, -0.25) is 4.79 Å². The summed E-state index contributed by atoms with van der Waals surface area (Å²) >= 11 is 4.78. The van der Waals surface area contributed by atoms with Crippen LogP contribution in [0.1, 0.15) is 32.8 Å². The predicted octanol–water partition coefficient (Wildman–Crippen LogP) is 6.06. The molecule has 0 spiro atoms. The maximum Gasteiger partial charge on any atom is 0.264 e. The summed E-state index contributed by atoms with van der Waals surface area (Å²) in [4.78, 5) is 17.2. The van der Waals surface area contributed by atoms with Gasteiger partial charge in [0.25, 0.3) is 5.91 Å². The maximum atomic E-state index is 13.0. The molecule has 0 saturated carbocycles. The molecule has 2 aromatic carbocycles. The summed E-state index contributed by atoms with van der Waals surface area (Å²) in [5.74, 6) is 0.687. The molecule has 1 saturated heterocycles. The Morgan fingerprint density at radius 1 is 1.27 bits per heavy atom. The van der Waals surface area contributed by atoms with Crippen LogP contribution in [0.15, 0.2) is 50.8 Å². The molecule has 1 N–H and O–H groups in total. The molecule has 0 bridgehead atoms. The Labute approximate surface area is 187 Å². The van der Waals surface area contributed by atoms with E-state index in [1.165, 1.54) is 23.9 Å². The normalized spacial score (nSPS) is 17.3. The van der Waals surface area contributed by atoms with Gasteiger partial charge in [-0.15, -0.1) is 0 Å². The van der Waals surface area contributed by atoms with Crippen molar-refractivity contribution in [2.75, 3.05) is 6.61 Å². The van der Waals surface area contributed by atoms with Gasteiger partial charge in [-0.2, -0.15) is 0 Å². The Morgan fingerprint density at radius 3 is 2.67 bits per heavy atom. The average Bonchev–Trinajstić information content (AvgIpc) is 3.05. The Bertz CT molecular complexity index is 993. The van der Waals surface area contributed by atoms with Crippen molar-refractivity contribution >= 4 is 50.5 Å². The molecule has 30 heavy (non-hydrogen) atoms. The minimum atomic E-state index is -0.334. The molecule has 1 atom stereocenters. The number of benzene rings is 2. The van der Waals surface area contributed by atoms with Crippen molar-refractivity contribution in [2.45, 2.75) is 33.3 Å². The second-order valence-electron chi connectivity index (χ2n) is 6.56. The highest BCUT2D eigenvalue weighted by Gasteiger charge is 2.24. The molecule has 0 radical (unpaired) electrons. The predicted molar refractivity (Wildman–Crippen MR) is 123 cm³/mol. The number of nitrogens with one attached hydrogen (secondary N) is 1. The first-order chi connectivity index (χ1) is 14.4. The third-order valence-electron chi connectivity index (χ3n) is 4.23. The van der Waals surface area contributed by atoms with Gasteiger partial charge in [-0.1, -0.05) is 6.92 Å². The molecule has 1 fully saturated rings. The number of carbonyl (C=O) groups excluding carboxylic acids is 1. The first-order valence-corrected chi connectivity index (χ1v) is 11.2. The maximum absolute atomic E-state index is 13.0. The van der Waals surface area contributed by atoms with Gasteiger partial charge in [0.05, 0.1) is 27.8 Å². The van der Waals surface area contributed by atoms with Gasteiger partial charge in [0, 0.05) is 0 Å². The first-order valence-electron chi connectivity index (χ1n) is 9.57. The molecule has 0 aliphatic carbocycles. The third kappa shape index (κ3) is 5.64. The molecule has 0 aromatic heterocycles. The topological polar surface area (TPSA) is 59.9 Å². The second-order valence-corrected chi connectivity index (χ2v) is 8.44. The van der Waals surface area contributed by atoms with E-state index in [2.05, 4.69) is 33.2 Å². The lowest BCUT2D eigenvalue weighted by Crippen LogP contribution is -2.19. The minimum Gasteiger partial charge on any atom is -0.490 e. The van der Waals surface area contributed by atoms with Crippen molar-refractivity contribution in [3.8, 4) is 11.5 Å². The van der Waals surface area contributed by atoms with Gasteiger partial charge in [-0.25, -0.2) is 9.38 Å². The van der Waals surface area contributed by atoms with Crippen LogP contribution >= 0.6 is 27.7 Å². The van der Waals surface area contributed by atoms with Gasteiger partial charge < -0.3 is 14.8 Å². The van der Waals surface area contributed by atoms with Crippen molar-refractivity contribution in [3.05, 3.63) is 57.2 Å². The lowest BCUT2D eigenvalue weighted by molar-refractivity contribution is -0.115. The van der Waals surface area contributed by atoms with E-state index in [-0.39, 0.29) is 17.8 Å². The van der Waals surface area contributed by atoms with Crippen LogP contribution < -0.4 is 14.8 Å². The van der Waals surface area contributed by atoms with Crippen LogP contribution in [-0.4, -0.2) is 23.8 Å². The van der Waals surface area contributed by atoms with Crippen LogP contribution in [0, 0.1) is 5.82 Å². The number of hydrogen-bond acceptors (Lipinski definition) is 5. The summed E-state index contributed by atoms with van der Waals surface area (Å²) in [5.41, 5.74) is 1.36. The number of nitrogens with zero attached hydrogens (tertiary/aromatic N) is 1. The number of ether oxygens (including phenoxy) is 2. The molecule has 1 heterocycles. The standard InChI is InChI=1S/C22H22BrFN2O3S/c1-4-13(3)29-20-17(23)10-14(11-18(20)28-5-2)12-19-21(27)26-22(30-19)25-16-8-6-15(24)7-9-16/h6-13H,4-5H2,1-3H3,(H,25,26,27)/b19-12+/t13-/m0/s1. The lowest BCUT2D eigenvalue weighted by Gasteiger charge is -2.18. The molecule has 1 aliphatic heterocycles. The Kier molecular flexibility index (Phi) is 7.55. The van der Waals surface area contributed by atoms with E-state index in [4.69, 9.17) is 9.47 Å². The lowest BCUT2D eigenvalue weighted by atomic mass is 10.1. The SMILES string of the molecule is CCOc1cc(/C=C2/SC(=Nc3ccc(F)cc3)NC2=O)cc(Br)c1O[C@@H](C)CC. The monoisotopic (exact) mass is 492 g/mol. The van der Waals surface area contributed by atoms with Crippen molar-refractivity contribution in [2.24, 2.45) is 4.99 Å². The third-order valence-corrected chi connectivity index (χ3v) is 5.73. The number of thioether (sulfide) groups is 1. The summed E-state index contributed by atoms with van der Waals surface area (Å²) in [6, 6.07) is 9.50. The summed E-state index contributed by atoms with van der Waals surface area (Å²) in [5, 5.41) is 3.17. The van der Waals surface area contributed by atoms with Crippen LogP contribution in [0.4, 0.5) is 10.1 Å². The number of hydrogen-bond donors (Lipinski definition) is 1. The average molecular weight is 493 g/mol. The van der Waals surface area contributed by atoms with Crippen molar-refractivity contribution in [3.63, 3.8) is 0 Å². The molecule has 5 nitrogen and oxygen atoms in total. The number of carbonyl (C=O) groups is 1. The van der Waals surface area contributed by atoms with E-state index in [1.54, 1.807) is 18.2 Å². The Balaban J connectivity index is 1.86. The minimum absolute atomic E-state index is 0.0473. The molecule has 3 rings (SSSR count). The van der Waals surface area contributed by atoms with E-state index in [0.717, 1.165) is 16.5 Å². The molecule has 8 heteroatoms. The number of halogens is 2. The molecule has 158 valence electrons. The summed E-state index contributed by atoms with van der Waals surface area (Å²) in [6.07, 6.45) is 2.69. The van der Waals surface area contributed by atoms with E-state index >= 15 is 0 Å². The Morgan fingerprint density at radius 2 is 2.00 bits per heavy atom. The van der Waals surface area contributed by atoms with E-state index in [1.807, 2.05) is 26.0 Å².